The lowest BCUT2D eigenvalue weighted by Gasteiger charge is -2.35. The van der Waals surface area contributed by atoms with Crippen LogP contribution in [0.25, 0.3) is 0 Å². The van der Waals surface area contributed by atoms with Gasteiger partial charge in [-0.1, -0.05) is 30.9 Å². The largest absolute Gasteiger partial charge is 0.322 e. The second kappa shape index (κ2) is 11.7. The molecule has 4 rings (SSSR count). The molecular weight excluding hydrogens is 470 g/mol. The van der Waals surface area contributed by atoms with E-state index in [-0.39, 0.29) is 10.8 Å². The van der Waals surface area contributed by atoms with Gasteiger partial charge in [0.2, 0.25) is 10.0 Å². The Balaban J connectivity index is 1.24. The number of benzene rings is 2. The lowest BCUT2D eigenvalue weighted by Crippen LogP contribution is -2.40. The molecule has 1 amide bonds. The second-order valence-corrected chi connectivity index (χ2v) is 11.8. The van der Waals surface area contributed by atoms with Crippen molar-refractivity contribution in [2.45, 2.75) is 49.8 Å². The number of piperidine rings is 1. The van der Waals surface area contributed by atoms with Crippen LogP contribution in [0.15, 0.2) is 53.4 Å². The molecule has 0 unspecified atom stereocenters. The highest BCUT2D eigenvalue weighted by Gasteiger charge is 2.24. The van der Waals surface area contributed by atoms with E-state index in [1.807, 2.05) is 0 Å². The van der Waals surface area contributed by atoms with Crippen molar-refractivity contribution in [2.75, 3.05) is 31.5 Å². The SMILES string of the molecule is O=C(Nc1ccc(Cl)cc1)c1ccc(S(=O)(=O)NCC2CCN(CC3CCCCC3)CC2)cc1. The van der Waals surface area contributed by atoms with Crippen LogP contribution in [-0.4, -0.2) is 45.4 Å². The number of nitrogens with one attached hydrogen (secondary N) is 2. The molecule has 0 spiro atoms. The van der Waals surface area contributed by atoms with Crippen LogP contribution in [0.1, 0.15) is 55.3 Å². The van der Waals surface area contributed by atoms with Gasteiger partial charge < -0.3 is 10.2 Å². The highest BCUT2D eigenvalue weighted by atomic mass is 35.5. The summed E-state index contributed by atoms with van der Waals surface area (Å²) < 4.78 is 28.3. The van der Waals surface area contributed by atoms with E-state index in [1.165, 1.54) is 62.9 Å². The maximum Gasteiger partial charge on any atom is 0.255 e. The topological polar surface area (TPSA) is 78.5 Å². The van der Waals surface area contributed by atoms with Crippen LogP contribution < -0.4 is 10.0 Å². The van der Waals surface area contributed by atoms with E-state index in [1.54, 1.807) is 24.3 Å². The van der Waals surface area contributed by atoms with Gasteiger partial charge in [0.25, 0.3) is 5.91 Å². The van der Waals surface area contributed by atoms with Gasteiger partial charge in [-0.25, -0.2) is 13.1 Å². The normalized spacial score (nSPS) is 18.6. The second-order valence-electron chi connectivity index (χ2n) is 9.59. The molecule has 0 aromatic heterocycles. The molecule has 184 valence electrons. The zero-order valence-electron chi connectivity index (χ0n) is 19.5. The molecule has 2 aromatic rings. The van der Waals surface area contributed by atoms with Gasteiger partial charge in [-0.2, -0.15) is 0 Å². The molecule has 1 aliphatic carbocycles. The van der Waals surface area contributed by atoms with Crippen molar-refractivity contribution >= 4 is 33.2 Å². The van der Waals surface area contributed by atoms with Crippen molar-refractivity contribution in [1.29, 1.82) is 0 Å². The summed E-state index contributed by atoms with van der Waals surface area (Å²) in [6, 6.07) is 12.8. The van der Waals surface area contributed by atoms with Crippen LogP contribution in [0.4, 0.5) is 5.69 Å². The molecule has 1 aliphatic heterocycles. The van der Waals surface area contributed by atoms with Gasteiger partial charge in [-0.3, -0.25) is 4.79 Å². The molecule has 34 heavy (non-hydrogen) atoms. The lowest BCUT2D eigenvalue weighted by molar-refractivity contribution is 0.102. The molecule has 2 N–H and O–H groups in total. The Morgan fingerprint density at radius 2 is 1.53 bits per heavy atom. The summed E-state index contributed by atoms with van der Waals surface area (Å²) in [7, 11) is -3.61. The summed E-state index contributed by atoms with van der Waals surface area (Å²) in [6.45, 7) is 3.77. The molecule has 2 aromatic carbocycles. The van der Waals surface area contributed by atoms with Crippen LogP contribution in [0.5, 0.6) is 0 Å². The number of amides is 1. The summed E-state index contributed by atoms with van der Waals surface area (Å²) >= 11 is 5.87. The monoisotopic (exact) mass is 503 g/mol. The molecule has 0 bridgehead atoms. The fraction of sp³-hybridized carbons (Fsp3) is 0.500. The minimum atomic E-state index is -3.61. The van der Waals surface area contributed by atoms with Crippen LogP contribution in [0.2, 0.25) is 5.02 Å². The van der Waals surface area contributed by atoms with E-state index >= 15 is 0 Å². The third-order valence-corrected chi connectivity index (χ3v) is 8.73. The Hall–Kier alpha value is -1.93. The Morgan fingerprint density at radius 1 is 0.882 bits per heavy atom. The summed E-state index contributed by atoms with van der Waals surface area (Å²) in [5, 5.41) is 3.36. The minimum absolute atomic E-state index is 0.172. The van der Waals surface area contributed by atoms with E-state index in [0.717, 1.165) is 31.8 Å². The standard InChI is InChI=1S/C26H34ClN3O3S/c27-23-8-10-24(11-9-23)29-26(31)22-6-12-25(13-7-22)34(32,33)28-18-20-14-16-30(17-15-20)19-21-4-2-1-3-5-21/h6-13,20-21,28H,1-5,14-19H2,(H,29,31). The van der Waals surface area contributed by atoms with Crippen LogP contribution in [0, 0.1) is 11.8 Å². The van der Waals surface area contributed by atoms with Crippen LogP contribution in [-0.2, 0) is 10.0 Å². The van der Waals surface area contributed by atoms with E-state index < -0.39 is 10.0 Å². The van der Waals surface area contributed by atoms with E-state index in [0.29, 0.717) is 28.7 Å². The van der Waals surface area contributed by atoms with Gasteiger partial charge in [0.05, 0.1) is 4.90 Å². The Kier molecular flexibility index (Phi) is 8.64. The number of likely N-dealkylation sites (tertiary alicyclic amines) is 1. The number of anilines is 1. The minimum Gasteiger partial charge on any atom is -0.322 e. The van der Waals surface area contributed by atoms with E-state index in [4.69, 9.17) is 11.6 Å². The third kappa shape index (κ3) is 7.04. The Bertz CT molecular complexity index is 1040. The summed E-state index contributed by atoms with van der Waals surface area (Å²) in [5.41, 5.74) is 1.01. The quantitative estimate of drug-likeness (QED) is 0.521. The number of nitrogens with zero attached hydrogens (tertiary/aromatic N) is 1. The van der Waals surface area contributed by atoms with Crippen molar-refractivity contribution in [2.24, 2.45) is 11.8 Å². The molecule has 2 fully saturated rings. The van der Waals surface area contributed by atoms with E-state index in [2.05, 4.69) is 14.9 Å². The first-order valence-corrected chi connectivity index (χ1v) is 14.1. The molecule has 2 aliphatic rings. The van der Waals surface area contributed by atoms with Gasteiger partial charge in [-0.05, 0) is 99.1 Å². The van der Waals surface area contributed by atoms with Crippen molar-refractivity contribution in [3.63, 3.8) is 0 Å². The van der Waals surface area contributed by atoms with Crippen molar-refractivity contribution in [3.8, 4) is 0 Å². The fourth-order valence-corrected chi connectivity index (χ4v) is 6.18. The first-order valence-electron chi connectivity index (χ1n) is 12.3. The first kappa shape index (κ1) is 25.2. The molecule has 0 atom stereocenters. The predicted molar refractivity (Wildman–Crippen MR) is 137 cm³/mol. The van der Waals surface area contributed by atoms with Gasteiger partial charge in [0.15, 0.2) is 0 Å². The Labute approximate surface area is 208 Å². The van der Waals surface area contributed by atoms with Gasteiger partial charge in [0, 0.05) is 29.4 Å². The average Bonchev–Trinajstić information content (AvgIpc) is 2.86. The van der Waals surface area contributed by atoms with Crippen LogP contribution >= 0.6 is 11.6 Å². The smallest absolute Gasteiger partial charge is 0.255 e. The number of hydrogen-bond donors (Lipinski definition) is 2. The number of rotatable bonds is 8. The maximum atomic E-state index is 12.8. The Morgan fingerprint density at radius 3 is 2.18 bits per heavy atom. The average molecular weight is 504 g/mol. The molecule has 1 heterocycles. The highest BCUT2D eigenvalue weighted by Crippen LogP contribution is 2.26. The number of hydrogen-bond acceptors (Lipinski definition) is 4. The number of sulfonamides is 1. The van der Waals surface area contributed by atoms with Gasteiger partial charge in [-0.15, -0.1) is 0 Å². The summed E-state index contributed by atoms with van der Waals surface area (Å²) in [4.78, 5) is 15.2. The lowest BCUT2D eigenvalue weighted by atomic mass is 9.88. The fourth-order valence-electron chi connectivity index (χ4n) is 4.94. The molecule has 1 saturated carbocycles. The maximum absolute atomic E-state index is 12.8. The number of carbonyl (C=O) groups excluding carboxylic acids is 1. The molecule has 8 heteroatoms. The molecule has 0 radical (unpaired) electrons. The van der Waals surface area contributed by atoms with Gasteiger partial charge in [0.1, 0.15) is 0 Å². The van der Waals surface area contributed by atoms with Crippen molar-refractivity contribution in [3.05, 3.63) is 59.1 Å². The van der Waals surface area contributed by atoms with Crippen molar-refractivity contribution in [1.82, 2.24) is 9.62 Å². The molecular formula is C26H34ClN3O3S. The zero-order valence-corrected chi connectivity index (χ0v) is 21.1. The van der Waals surface area contributed by atoms with Gasteiger partial charge >= 0.3 is 0 Å². The predicted octanol–water partition coefficient (Wildman–Crippen LogP) is 5.16. The number of carbonyl (C=O) groups is 1. The van der Waals surface area contributed by atoms with E-state index in [9.17, 15) is 13.2 Å². The van der Waals surface area contributed by atoms with Crippen LogP contribution in [0.3, 0.4) is 0 Å². The summed E-state index contributed by atoms with van der Waals surface area (Å²) in [5.74, 6) is 0.904. The third-order valence-electron chi connectivity index (χ3n) is 7.04. The highest BCUT2D eigenvalue weighted by molar-refractivity contribution is 7.89. The van der Waals surface area contributed by atoms with Crippen molar-refractivity contribution < 1.29 is 13.2 Å². The number of halogens is 1. The summed E-state index contributed by atoms with van der Waals surface area (Å²) in [6.07, 6.45) is 8.91. The zero-order chi connectivity index (χ0) is 24.0. The first-order chi connectivity index (χ1) is 16.4. The molecule has 1 saturated heterocycles. The molecule has 6 nitrogen and oxygen atoms in total.